The number of rotatable bonds is 1. The Bertz CT molecular complexity index is 302. The van der Waals surface area contributed by atoms with Crippen molar-refractivity contribution in [2.24, 2.45) is 0 Å². The van der Waals surface area contributed by atoms with Crippen molar-refractivity contribution >= 4 is 27.3 Å². The molecule has 0 radical (unpaired) electrons. The number of nitrogens with zero attached hydrogens (tertiary/aromatic N) is 1. The molecule has 1 aromatic rings. The van der Waals surface area contributed by atoms with Crippen LogP contribution in [0.25, 0.3) is 0 Å². The maximum Gasteiger partial charge on any atom is 0.0753 e. The van der Waals surface area contributed by atoms with Gasteiger partial charge in [-0.1, -0.05) is 0 Å². The van der Waals surface area contributed by atoms with Crippen molar-refractivity contribution in [2.75, 3.05) is 11.0 Å². The smallest absolute Gasteiger partial charge is 0.0753 e. The van der Waals surface area contributed by atoms with Gasteiger partial charge in [-0.2, -0.15) is 0 Å². The van der Waals surface area contributed by atoms with Gasteiger partial charge < -0.3 is 16.2 Å². The molecule has 0 aromatic heterocycles. The Hall–Kier alpha value is -0.780. The number of aryl methyl sites for hydroxylation is 1. The predicted molar refractivity (Wildman–Crippen MR) is 50.9 cm³/mol. The molecule has 0 bridgehead atoms. The number of halogens is 1. The molecule has 1 rings (SSSR count). The zero-order chi connectivity index (χ0) is 9.30. The highest BCUT2D eigenvalue weighted by Crippen LogP contribution is 2.30. The molecule has 66 valence electrons. The lowest BCUT2D eigenvalue weighted by molar-refractivity contribution is 0.297. The van der Waals surface area contributed by atoms with E-state index in [1.165, 1.54) is 6.07 Å². The van der Waals surface area contributed by atoms with E-state index < -0.39 is 0 Å². The summed E-state index contributed by atoms with van der Waals surface area (Å²) < 4.78 is 0.604. The standard InChI is InChI=1S/C7H8BrN2O2/c1-4-2-5(8)7(9)6(3-4)10(11)12/h2-3,11H,9H2,1H3/q-1. The normalized spacial score (nSPS) is 10.0. The summed E-state index contributed by atoms with van der Waals surface area (Å²) in [5.74, 6) is 0. The van der Waals surface area contributed by atoms with Gasteiger partial charge in [0.1, 0.15) is 0 Å². The van der Waals surface area contributed by atoms with Gasteiger partial charge in [0.15, 0.2) is 0 Å². The second-order valence-electron chi connectivity index (χ2n) is 2.45. The minimum atomic E-state index is -0.243. The Kier molecular flexibility index (Phi) is 2.56. The second-order valence-corrected chi connectivity index (χ2v) is 3.31. The number of hydrogen-bond acceptors (Lipinski definition) is 4. The van der Waals surface area contributed by atoms with Crippen molar-refractivity contribution in [3.05, 3.63) is 27.4 Å². The Balaban J connectivity index is 3.28. The number of nitrogen functional groups attached to an aromatic ring is 1. The van der Waals surface area contributed by atoms with Crippen LogP contribution in [0.3, 0.4) is 0 Å². The van der Waals surface area contributed by atoms with Crippen LogP contribution >= 0.6 is 15.9 Å². The van der Waals surface area contributed by atoms with E-state index in [1.54, 1.807) is 13.0 Å². The molecule has 0 aliphatic rings. The van der Waals surface area contributed by atoms with Crippen LogP contribution in [-0.4, -0.2) is 5.21 Å². The zero-order valence-corrected chi connectivity index (χ0v) is 8.00. The summed E-state index contributed by atoms with van der Waals surface area (Å²) in [5, 5.41) is 18.9. The molecular weight excluding hydrogens is 224 g/mol. The van der Waals surface area contributed by atoms with Crippen LogP contribution in [0.1, 0.15) is 5.56 Å². The Morgan fingerprint density at radius 3 is 2.67 bits per heavy atom. The lowest BCUT2D eigenvalue weighted by atomic mass is 10.2. The van der Waals surface area contributed by atoms with E-state index in [1.807, 2.05) is 0 Å². The third-order valence-corrected chi connectivity index (χ3v) is 2.11. The van der Waals surface area contributed by atoms with Crippen LogP contribution in [0.5, 0.6) is 0 Å². The molecule has 0 aliphatic carbocycles. The largest absolute Gasteiger partial charge is 0.733 e. The summed E-state index contributed by atoms with van der Waals surface area (Å²) in [6.07, 6.45) is 0. The molecule has 3 N–H and O–H groups in total. The van der Waals surface area contributed by atoms with E-state index in [9.17, 15) is 5.21 Å². The summed E-state index contributed by atoms with van der Waals surface area (Å²) in [4.78, 5) is 0. The van der Waals surface area contributed by atoms with Crippen LogP contribution in [-0.2, 0) is 0 Å². The highest BCUT2D eigenvalue weighted by Gasteiger charge is 2.04. The lowest BCUT2D eigenvalue weighted by Gasteiger charge is -2.24. The summed E-state index contributed by atoms with van der Waals surface area (Å²) >= 11 is 3.16. The van der Waals surface area contributed by atoms with Crippen LogP contribution < -0.4 is 11.0 Å². The molecule has 0 fully saturated rings. The van der Waals surface area contributed by atoms with Gasteiger partial charge in [-0.15, -0.1) is 0 Å². The lowest BCUT2D eigenvalue weighted by Crippen LogP contribution is -2.10. The van der Waals surface area contributed by atoms with Gasteiger partial charge in [0, 0.05) is 4.47 Å². The van der Waals surface area contributed by atoms with E-state index in [0.29, 0.717) is 4.47 Å². The quantitative estimate of drug-likeness (QED) is 0.573. The highest BCUT2D eigenvalue weighted by molar-refractivity contribution is 9.10. The van der Waals surface area contributed by atoms with Crippen molar-refractivity contribution < 1.29 is 5.21 Å². The minimum Gasteiger partial charge on any atom is -0.733 e. The summed E-state index contributed by atoms with van der Waals surface area (Å²) in [5.41, 5.74) is 6.64. The van der Waals surface area contributed by atoms with Gasteiger partial charge in [-0.25, -0.2) is 0 Å². The van der Waals surface area contributed by atoms with E-state index in [2.05, 4.69) is 15.9 Å². The number of anilines is 2. The molecule has 0 unspecified atom stereocenters. The molecule has 12 heavy (non-hydrogen) atoms. The summed E-state index contributed by atoms with van der Waals surface area (Å²) in [7, 11) is 0. The van der Waals surface area contributed by atoms with E-state index in [0.717, 1.165) is 5.56 Å². The molecule has 0 saturated heterocycles. The maximum atomic E-state index is 10.5. The van der Waals surface area contributed by atoms with Crippen molar-refractivity contribution in [3.63, 3.8) is 0 Å². The van der Waals surface area contributed by atoms with Crippen LogP contribution in [0.15, 0.2) is 16.6 Å². The van der Waals surface area contributed by atoms with Crippen molar-refractivity contribution in [3.8, 4) is 0 Å². The fourth-order valence-corrected chi connectivity index (χ4v) is 1.46. The third-order valence-electron chi connectivity index (χ3n) is 1.46. The Morgan fingerprint density at radius 1 is 1.58 bits per heavy atom. The molecular formula is C7H8BrN2O2-. The van der Waals surface area contributed by atoms with Gasteiger partial charge in [0.25, 0.3) is 0 Å². The zero-order valence-electron chi connectivity index (χ0n) is 6.41. The second kappa shape index (κ2) is 3.30. The summed E-state index contributed by atoms with van der Waals surface area (Å²) in [6.45, 7) is 1.80. The molecule has 0 saturated carbocycles. The van der Waals surface area contributed by atoms with Gasteiger partial charge >= 0.3 is 0 Å². The van der Waals surface area contributed by atoms with Crippen LogP contribution in [0.4, 0.5) is 11.4 Å². The first-order chi connectivity index (χ1) is 5.52. The maximum absolute atomic E-state index is 10.5. The van der Waals surface area contributed by atoms with Crippen molar-refractivity contribution in [2.45, 2.75) is 6.92 Å². The van der Waals surface area contributed by atoms with Crippen LogP contribution in [0, 0.1) is 12.1 Å². The monoisotopic (exact) mass is 231 g/mol. The molecule has 0 amide bonds. The predicted octanol–water partition coefficient (Wildman–Crippen LogP) is 2.03. The number of hydrogen-bond donors (Lipinski definition) is 2. The average Bonchev–Trinajstić information content (AvgIpc) is 1.96. The average molecular weight is 232 g/mol. The third kappa shape index (κ3) is 1.69. The molecule has 4 nitrogen and oxygen atoms in total. The minimum absolute atomic E-state index is 0.0573. The number of nitrogens with two attached hydrogens (primary N) is 1. The first-order valence-electron chi connectivity index (χ1n) is 3.24. The van der Waals surface area contributed by atoms with Crippen LogP contribution in [0.2, 0.25) is 0 Å². The molecule has 0 atom stereocenters. The molecule has 0 heterocycles. The van der Waals surface area contributed by atoms with E-state index in [4.69, 9.17) is 10.9 Å². The van der Waals surface area contributed by atoms with Crippen molar-refractivity contribution in [1.29, 1.82) is 0 Å². The highest BCUT2D eigenvalue weighted by atomic mass is 79.9. The first-order valence-corrected chi connectivity index (χ1v) is 4.03. The Labute approximate surface area is 78.3 Å². The van der Waals surface area contributed by atoms with Crippen molar-refractivity contribution in [1.82, 2.24) is 0 Å². The fraction of sp³-hybridized carbons (Fsp3) is 0.143. The fourth-order valence-electron chi connectivity index (χ4n) is 0.893. The van der Waals surface area contributed by atoms with E-state index >= 15 is 0 Å². The van der Waals surface area contributed by atoms with Gasteiger partial charge in [0.05, 0.1) is 11.4 Å². The number of benzene rings is 1. The Morgan fingerprint density at radius 2 is 2.17 bits per heavy atom. The van der Waals surface area contributed by atoms with Gasteiger partial charge in [0.2, 0.25) is 0 Å². The molecule has 5 heteroatoms. The first kappa shape index (κ1) is 9.31. The topological polar surface area (TPSA) is 72.5 Å². The van der Waals surface area contributed by atoms with E-state index in [-0.39, 0.29) is 16.6 Å². The molecule has 0 aliphatic heterocycles. The molecule has 1 aromatic carbocycles. The van der Waals surface area contributed by atoms with Gasteiger partial charge in [-0.3, -0.25) is 5.21 Å². The SMILES string of the molecule is Cc1cc(Br)c(N)c(N([O-])O)c1. The van der Waals surface area contributed by atoms with Gasteiger partial charge in [-0.05, 0) is 40.5 Å². The molecule has 0 spiro atoms. The summed E-state index contributed by atoms with van der Waals surface area (Å²) in [6, 6.07) is 3.27.